The molecule has 1 amide bonds. The molecule has 0 bridgehead atoms. The van der Waals surface area contributed by atoms with Gasteiger partial charge in [-0.25, -0.2) is 19.4 Å². The minimum atomic E-state index is -4.56. The third kappa shape index (κ3) is 4.16. The number of hydrogen-bond donors (Lipinski definition) is 0. The quantitative estimate of drug-likeness (QED) is 0.537. The summed E-state index contributed by atoms with van der Waals surface area (Å²) < 4.78 is 64.8. The summed E-state index contributed by atoms with van der Waals surface area (Å²) in [6, 6.07) is 4.29. The van der Waals surface area contributed by atoms with Gasteiger partial charge in [0.05, 0.1) is 11.8 Å². The Balaban J connectivity index is 1.28. The van der Waals surface area contributed by atoms with Gasteiger partial charge in [-0.15, -0.1) is 0 Å². The smallest absolute Gasteiger partial charge is 0.396 e. The number of amides is 1. The molecule has 182 valence electrons. The zero-order chi connectivity index (χ0) is 23.7. The number of rotatable bonds is 6. The maximum Gasteiger partial charge on any atom is 0.396 e. The molecule has 6 nitrogen and oxygen atoms in total. The minimum absolute atomic E-state index is 0.00445. The predicted molar refractivity (Wildman–Crippen MR) is 113 cm³/mol. The number of oxazole rings is 1. The van der Waals surface area contributed by atoms with Crippen molar-refractivity contribution in [3.63, 3.8) is 0 Å². The molecule has 4 aliphatic rings. The number of nitrogens with zero attached hydrogens (tertiary/aromatic N) is 3. The van der Waals surface area contributed by atoms with E-state index in [4.69, 9.17) is 9.15 Å². The molecule has 1 aromatic heterocycles. The lowest BCUT2D eigenvalue weighted by atomic mass is 10.1. The number of halogens is 4. The van der Waals surface area contributed by atoms with Crippen LogP contribution in [-0.4, -0.2) is 41.3 Å². The maximum absolute atomic E-state index is 15.1. The first-order valence-electron chi connectivity index (χ1n) is 11.7. The van der Waals surface area contributed by atoms with Crippen LogP contribution in [0.1, 0.15) is 54.8 Å². The van der Waals surface area contributed by atoms with E-state index < -0.39 is 35.8 Å². The van der Waals surface area contributed by atoms with Crippen molar-refractivity contribution >= 4 is 11.6 Å². The van der Waals surface area contributed by atoms with Crippen LogP contribution in [0.3, 0.4) is 0 Å². The standard InChI is InChI=1S/C24H25F4N3O3/c25-18-10-16(1-2-19(18)34-17-8-14-7-15(14)9-17)31(30-6-5-23(12-30)3-4-23)22(32)21-20(33-13-29-21)11-24(26,27)28/h1-2,10,13-15,17H,3-9,11-12H2. The number of ether oxygens (including phenoxy) is 1. The molecule has 34 heavy (non-hydrogen) atoms. The van der Waals surface area contributed by atoms with E-state index in [0.29, 0.717) is 24.9 Å². The molecule has 10 heteroatoms. The van der Waals surface area contributed by atoms with Crippen LogP contribution in [0.15, 0.2) is 29.0 Å². The molecule has 6 rings (SSSR count). The molecule has 2 unspecified atom stereocenters. The van der Waals surface area contributed by atoms with Crippen molar-refractivity contribution in [1.82, 2.24) is 9.99 Å². The average molecular weight is 479 g/mol. The Morgan fingerprint density at radius 1 is 1.21 bits per heavy atom. The lowest BCUT2D eigenvalue weighted by molar-refractivity contribution is -0.130. The second kappa shape index (κ2) is 7.69. The highest BCUT2D eigenvalue weighted by atomic mass is 19.4. The van der Waals surface area contributed by atoms with Gasteiger partial charge < -0.3 is 9.15 Å². The number of carbonyl (C=O) groups is 1. The number of hydrogen-bond acceptors (Lipinski definition) is 5. The van der Waals surface area contributed by atoms with Crippen molar-refractivity contribution in [2.24, 2.45) is 17.3 Å². The zero-order valence-electron chi connectivity index (χ0n) is 18.5. The largest absolute Gasteiger partial charge is 0.487 e. The van der Waals surface area contributed by atoms with Gasteiger partial charge in [-0.3, -0.25) is 4.79 Å². The van der Waals surface area contributed by atoms with Gasteiger partial charge in [0, 0.05) is 19.2 Å². The van der Waals surface area contributed by atoms with Crippen molar-refractivity contribution < 1.29 is 31.5 Å². The zero-order valence-corrected chi connectivity index (χ0v) is 18.5. The van der Waals surface area contributed by atoms with Crippen LogP contribution in [0.4, 0.5) is 23.2 Å². The number of aromatic nitrogens is 1. The van der Waals surface area contributed by atoms with Gasteiger partial charge in [0.25, 0.3) is 5.91 Å². The van der Waals surface area contributed by atoms with Gasteiger partial charge in [-0.05, 0) is 67.9 Å². The Morgan fingerprint density at radius 3 is 2.62 bits per heavy atom. The van der Waals surface area contributed by atoms with Crippen molar-refractivity contribution in [3.05, 3.63) is 41.9 Å². The number of benzene rings is 1. The van der Waals surface area contributed by atoms with Crippen LogP contribution < -0.4 is 9.75 Å². The molecular formula is C24H25F4N3O3. The average Bonchev–Trinajstić information content (AvgIpc) is 3.49. The number of alkyl halides is 3. The molecule has 0 N–H and O–H groups in total. The molecule has 2 heterocycles. The van der Waals surface area contributed by atoms with Gasteiger partial charge >= 0.3 is 6.18 Å². The fraction of sp³-hybridized carbons (Fsp3) is 0.583. The van der Waals surface area contributed by atoms with E-state index in [1.807, 2.05) is 0 Å². The summed E-state index contributed by atoms with van der Waals surface area (Å²) in [7, 11) is 0. The summed E-state index contributed by atoms with van der Waals surface area (Å²) in [5, 5.41) is 3.03. The fourth-order valence-electron chi connectivity index (χ4n) is 5.58. The third-order valence-electron chi connectivity index (χ3n) is 7.71. The lowest BCUT2D eigenvalue weighted by Gasteiger charge is -2.32. The molecule has 1 aromatic carbocycles. The number of hydrazine groups is 1. The summed E-state index contributed by atoms with van der Waals surface area (Å²) in [6.45, 7) is 1.12. The molecule has 1 spiro atoms. The number of anilines is 1. The van der Waals surface area contributed by atoms with Gasteiger partial charge in [-0.2, -0.15) is 13.2 Å². The summed E-state index contributed by atoms with van der Waals surface area (Å²) >= 11 is 0. The summed E-state index contributed by atoms with van der Waals surface area (Å²) in [6.07, 6.45) is 0.914. The van der Waals surface area contributed by atoms with E-state index in [0.717, 1.165) is 38.5 Å². The van der Waals surface area contributed by atoms with Crippen LogP contribution in [-0.2, 0) is 6.42 Å². The van der Waals surface area contributed by atoms with Gasteiger partial charge in [0.2, 0.25) is 0 Å². The Morgan fingerprint density at radius 2 is 1.97 bits per heavy atom. The molecule has 0 radical (unpaired) electrons. The van der Waals surface area contributed by atoms with Crippen molar-refractivity contribution in [2.45, 2.75) is 57.2 Å². The third-order valence-corrected chi connectivity index (χ3v) is 7.71. The number of carbonyl (C=O) groups excluding carboxylic acids is 1. The predicted octanol–water partition coefficient (Wildman–Crippen LogP) is 5.14. The van der Waals surface area contributed by atoms with Crippen LogP contribution in [0, 0.1) is 23.1 Å². The first-order chi connectivity index (χ1) is 16.2. The maximum atomic E-state index is 15.1. The Bertz CT molecular complexity index is 1100. The van der Waals surface area contributed by atoms with E-state index >= 15 is 4.39 Å². The highest BCUT2D eigenvalue weighted by Gasteiger charge is 2.50. The molecular weight excluding hydrogens is 454 g/mol. The van der Waals surface area contributed by atoms with Gasteiger partial charge in [-0.1, -0.05) is 0 Å². The Kier molecular flexibility index (Phi) is 4.95. The first kappa shape index (κ1) is 21.9. The number of fused-ring (bicyclic) bond motifs is 1. The van der Waals surface area contributed by atoms with Crippen molar-refractivity contribution in [1.29, 1.82) is 0 Å². The van der Waals surface area contributed by atoms with E-state index in [1.165, 1.54) is 23.6 Å². The normalized spacial score (nSPS) is 27.1. The van der Waals surface area contributed by atoms with Crippen LogP contribution >= 0.6 is 0 Å². The van der Waals surface area contributed by atoms with E-state index in [-0.39, 0.29) is 23.0 Å². The van der Waals surface area contributed by atoms with E-state index in [9.17, 15) is 18.0 Å². The molecule has 2 atom stereocenters. The second-order valence-electron chi connectivity index (χ2n) is 10.3. The summed E-state index contributed by atoms with van der Waals surface area (Å²) in [5.74, 6) is -0.413. The Hall–Kier alpha value is -2.62. The van der Waals surface area contributed by atoms with E-state index in [1.54, 1.807) is 11.1 Å². The molecule has 3 saturated carbocycles. The highest BCUT2D eigenvalue weighted by molar-refractivity contribution is 6.04. The molecule has 2 aromatic rings. The second-order valence-corrected chi connectivity index (χ2v) is 10.3. The molecule has 1 aliphatic heterocycles. The van der Waals surface area contributed by atoms with Crippen LogP contribution in [0.5, 0.6) is 5.75 Å². The van der Waals surface area contributed by atoms with Crippen LogP contribution in [0.25, 0.3) is 0 Å². The van der Waals surface area contributed by atoms with Crippen molar-refractivity contribution in [2.75, 3.05) is 18.1 Å². The van der Waals surface area contributed by atoms with Gasteiger partial charge in [0.15, 0.2) is 23.7 Å². The SMILES string of the molecule is O=C(c1ncoc1CC(F)(F)F)N(c1ccc(OC2CC3CC3C2)c(F)c1)N1CCC2(CC2)C1. The molecule has 4 fully saturated rings. The molecule has 1 saturated heterocycles. The van der Waals surface area contributed by atoms with Gasteiger partial charge in [0.1, 0.15) is 12.2 Å². The molecule has 3 aliphatic carbocycles. The van der Waals surface area contributed by atoms with Crippen molar-refractivity contribution in [3.8, 4) is 5.75 Å². The fourth-order valence-corrected chi connectivity index (χ4v) is 5.58. The van der Waals surface area contributed by atoms with Crippen LogP contribution in [0.2, 0.25) is 0 Å². The Labute approximate surface area is 193 Å². The van der Waals surface area contributed by atoms with E-state index in [2.05, 4.69) is 4.98 Å². The minimum Gasteiger partial charge on any atom is -0.487 e. The monoisotopic (exact) mass is 479 g/mol. The first-order valence-corrected chi connectivity index (χ1v) is 11.7. The highest BCUT2D eigenvalue weighted by Crippen LogP contribution is 2.54. The summed E-state index contributed by atoms with van der Waals surface area (Å²) in [5.41, 5.74) is -0.0648. The summed E-state index contributed by atoms with van der Waals surface area (Å²) in [4.78, 5) is 17.3. The lowest BCUT2D eigenvalue weighted by Crippen LogP contribution is -2.46. The topological polar surface area (TPSA) is 58.8 Å².